The zero-order chi connectivity index (χ0) is 12.8. The number of carbonyl (C=O) groups excluding carboxylic acids is 2. The molecule has 1 aromatic carbocycles. The van der Waals surface area contributed by atoms with Crippen molar-refractivity contribution in [2.75, 3.05) is 12.4 Å². The maximum absolute atomic E-state index is 11.4. The number of hydrogen-bond donors (Lipinski definition) is 1. The van der Waals surface area contributed by atoms with Gasteiger partial charge in [-0.15, -0.1) is 0 Å². The number of methoxy groups -OCH3 is 1. The minimum Gasteiger partial charge on any atom is -0.465 e. The third-order valence-corrected chi connectivity index (χ3v) is 2.29. The monoisotopic (exact) mass is 253 g/mol. The molecule has 0 aliphatic heterocycles. The van der Waals surface area contributed by atoms with Crippen molar-refractivity contribution >= 4 is 29.2 Å². The number of anilines is 1. The number of allylic oxidation sites excluding steroid dienone is 1. The van der Waals surface area contributed by atoms with Crippen molar-refractivity contribution in [3.63, 3.8) is 0 Å². The first-order valence-corrected chi connectivity index (χ1v) is 5.27. The summed E-state index contributed by atoms with van der Waals surface area (Å²) in [6, 6.07) is 4.60. The second kappa shape index (κ2) is 6.06. The minimum absolute atomic E-state index is 0.215. The second-order valence-corrected chi connectivity index (χ2v) is 3.58. The third-order valence-electron chi connectivity index (χ3n) is 1.96. The zero-order valence-corrected chi connectivity index (χ0v) is 10.2. The van der Waals surface area contributed by atoms with Gasteiger partial charge in [-0.2, -0.15) is 0 Å². The summed E-state index contributed by atoms with van der Waals surface area (Å²) >= 11 is 5.84. The first-order chi connectivity index (χ1) is 8.08. The molecule has 0 aliphatic carbocycles. The van der Waals surface area contributed by atoms with Crippen LogP contribution in [0.3, 0.4) is 0 Å². The Labute approximate surface area is 104 Å². The van der Waals surface area contributed by atoms with Gasteiger partial charge in [0.05, 0.1) is 17.7 Å². The SMILES string of the molecule is CC=CC(=O)Nc1ccc(Cl)c(C(=O)OC)c1. The molecule has 1 aromatic rings. The van der Waals surface area contributed by atoms with Crippen molar-refractivity contribution in [2.45, 2.75) is 6.92 Å². The topological polar surface area (TPSA) is 55.4 Å². The Kier molecular flexibility index (Phi) is 4.72. The predicted molar refractivity (Wildman–Crippen MR) is 66.2 cm³/mol. The Bertz CT molecular complexity index is 469. The number of hydrogen-bond acceptors (Lipinski definition) is 3. The molecule has 0 saturated carbocycles. The molecular weight excluding hydrogens is 242 g/mol. The highest BCUT2D eigenvalue weighted by atomic mass is 35.5. The molecule has 0 aromatic heterocycles. The van der Waals surface area contributed by atoms with Crippen molar-refractivity contribution < 1.29 is 14.3 Å². The maximum Gasteiger partial charge on any atom is 0.339 e. The van der Waals surface area contributed by atoms with Gasteiger partial charge in [-0.25, -0.2) is 4.79 Å². The van der Waals surface area contributed by atoms with Gasteiger partial charge >= 0.3 is 5.97 Å². The van der Waals surface area contributed by atoms with Crippen molar-refractivity contribution in [3.8, 4) is 0 Å². The van der Waals surface area contributed by atoms with Gasteiger partial charge in [0, 0.05) is 5.69 Å². The summed E-state index contributed by atoms with van der Waals surface area (Å²) in [7, 11) is 1.27. The molecule has 0 atom stereocenters. The summed E-state index contributed by atoms with van der Waals surface area (Å²) in [5.74, 6) is -0.817. The lowest BCUT2D eigenvalue weighted by Crippen LogP contribution is -2.09. The van der Waals surface area contributed by atoms with Crippen LogP contribution in [0.2, 0.25) is 5.02 Å². The van der Waals surface area contributed by atoms with E-state index >= 15 is 0 Å². The molecule has 0 spiro atoms. The van der Waals surface area contributed by atoms with Crippen LogP contribution in [0.1, 0.15) is 17.3 Å². The highest BCUT2D eigenvalue weighted by Gasteiger charge is 2.11. The van der Waals surface area contributed by atoms with Gasteiger partial charge in [0.1, 0.15) is 0 Å². The van der Waals surface area contributed by atoms with E-state index in [1.54, 1.807) is 19.1 Å². The summed E-state index contributed by atoms with van der Waals surface area (Å²) < 4.78 is 4.57. The summed E-state index contributed by atoms with van der Waals surface area (Å²) in [4.78, 5) is 22.7. The fourth-order valence-corrected chi connectivity index (χ4v) is 1.40. The number of ether oxygens (including phenoxy) is 1. The standard InChI is InChI=1S/C12H12ClNO3/c1-3-4-11(15)14-8-5-6-10(13)9(7-8)12(16)17-2/h3-7H,1-2H3,(H,14,15). The molecule has 0 fully saturated rings. The normalized spacial score (nSPS) is 10.3. The number of halogens is 1. The quantitative estimate of drug-likeness (QED) is 0.666. The van der Waals surface area contributed by atoms with Crippen molar-refractivity contribution in [3.05, 3.63) is 40.9 Å². The zero-order valence-electron chi connectivity index (χ0n) is 9.49. The van der Waals surface area contributed by atoms with E-state index < -0.39 is 5.97 Å². The smallest absolute Gasteiger partial charge is 0.339 e. The van der Waals surface area contributed by atoms with Gasteiger partial charge < -0.3 is 10.1 Å². The first kappa shape index (κ1) is 13.3. The largest absolute Gasteiger partial charge is 0.465 e. The number of esters is 1. The Morgan fingerprint density at radius 1 is 1.41 bits per heavy atom. The van der Waals surface area contributed by atoms with Crippen LogP contribution < -0.4 is 5.32 Å². The summed E-state index contributed by atoms with van der Waals surface area (Å²) in [6.07, 6.45) is 3.00. The molecule has 1 rings (SSSR count). The molecule has 1 amide bonds. The minimum atomic E-state index is -0.544. The number of carbonyl (C=O) groups is 2. The van der Waals surface area contributed by atoms with Gasteiger partial charge in [0.2, 0.25) is 5.91 Å². The van der Waals surface area contributed by atoms with Crippen LogP contribution in [0.25, 0.3) is 0 Å². The molecule has 0 radical (unpaired) electrons. The molecule has 1 N–H and O–H groups in total. The number of amides is 1. The van der Waals surface area contributed by atoms with E-state index in [1.807, 2.05) is 0 Å². The molecule has 90 valence electrons. The fraction of sp³-hybridized carbons (Fsp3) is 0.167. The Balaban J connectivity index is 2.96. The van der Waals surface area contributed by atoms with Crippen LogP contribution in [0.5, 0.6) is 0 Å². The van der Waals surface area contributed by atoms with Gasteiger partial charge in [0.25, 0.3) is 0 Å². The highest BCUT2D eigenvalue weighted by molar-refractivity contribution is 6.33. The van der Waals surface area contributed by atoms with Gasteiger partial charge in [-0.1, -0.05) is 17.7 Å². The average Bonchev–Trinajstić information content (AvgIpc) is 2.31. The van der Waals surface area contributed by atoms with Crippen molar-refractivity contribution in [1.82, 2.24) is 0 Å². The van der Waals surface area contributed by atoms with Gasteiger partial charge in [-0.05, 0) is 31.2 Å². The van der Waals surface area contributed by atoms with Crippen molar-refractivity contribution in [2.24, 2.45) is 0 Å². The van der Waals surface area contributed by atoms with E-state index in [9.17, 15) is 9.59 Å². The summed E-state index contributed by atoms with van der Waals surface area (Å²) in [6.45, 7) is 1.74. The molecule has 0 heterocycles. The number of benzene rings is 1. The van der Waals surface area contributed by atoms with Crippen LogP contribution in [-0.4, -0.2) is 19.0 Å². The summed E-state index contributed by atoms with van der Waals surface area (Å²) in [5, 5.41) is 2.88. The van der Waals surface area contributed by atoms with Crippen LogP contribution in [-0.2, 0) is 9.53 Å². The molecule has 5 heteroatoms. The van der Waals surface area contributed by atoms with E-state index in [-0.39, 0.29) is 16.5 Å². The van der Waals surface area contributed by atoms with E-state index in [1.165, 1.54) is 25.3 Å². The Morgan fingerprint density at radius 3 is 2.71 bits per heavy atom. The summed E-state index contributed by atoms with van der Waals surface area (Å²) in [5.41, 5.74) is 0.699. The third kappa shape index (κ3) is 3.60. The lowest BCUT2D eigenvalue weighted by Gasteiger charge is -2.06. The average molecular weight is 254 g/mol. The maximum atomic E-state index is 11.4. The van der Waals surface area contributed by atoms with Gasteiger partial charge in [0.15, 0.2) is 0 Å². The lowest BCUT2D eigenvalue weighted by atomic mass is 10.2. The van der Waals surface area contributed by atoms with Crippen molar-refractivity contribution in [1.29, 1.82) is 0 Å². The fourth-order valence-electron chi connectivity index (χ4n) is 1.20. The first-order valence-electron chi connectivity index (χ1n) is 4.90. The lowest BCUT2D eigenvalue weighted by molar-refractivity contribution is -0.111. The number of nitrogens with one attached hydrogen (secondary N) is 1. The second-order valence-electron chi connectivity index (χ2n) is 3.18. The molecule has 4 nitrogen and oxygen atoms in total. The van der Waals surface area contributed by atoms with Crippen LogP contribution in [0, 0.1) is 0 Å². The van der Waals surface area contributed by atoms with Gasteiger partial charge in [-0.3, -0.25) is 4.79 Å². The Hall–Kier alpha value is -1.81. The van der Waals surface area contributed by atoms with Crippen LogP contribution in [0.4, 0.5) is 5.69 Å². The molecular formula is C12H12ClNO3. The number of rotatable bonds is 3. The molecule has 17 heavy (non-hydrogen) atoms. The van der Waals surface area contributed by atoms with E-state index in [4.69, 9.17) is 11.6 Å². The Morgan fingerprint density at radius 2 is 2.12 bits per heavy atom. The highest BCUT2D eigenvalue weighted by Crippen LogP contribution is 2.21. The molecule has 0 bridgehead atoms. The predicted octanol–water partition coefficient (Wildman–Crippen LogP) is 2.64. The van der Waals surface area contributed by atoms with Crippen LogP contribution >= 0.6 is 11.6 Å². The van der Waals surface area contributed by atoms with E-state index in [2.05, 4.69) is 10.1 Å². The van der Waals surface area contributed by atoms with Crippen LogP contribution in [0.15, 0.2) is 30.4 Å². The molecule has 0 aliphatic rings. The molecule has 0 saturated heterocycles. The van der Waals surface area contributed by atoms with E-state index in [0.29, 0.717) is 5.69 Å². The van der Waals surface area contributed by atoms with E-state index in [0.717, 1.165) is 0 Å². The molecule has 0 unspecified atom stereocenters.